The van der Waals surface area contributed by atoms with Crippen molar-refractivity contribution in [3.8, 4) is 11.5 Å². The number of carbonyl (C=O) groups excluding carboxylic acids is 1. The SMILES string of the molecule is CC(=O)c1c(C)oc2c1c(C(c1ccncc1)N1CCOCC1)c(O)c1ccc(OCCC3CCCC3)cc12. The van der Waals surface area contributed by atoms with Gasteiger partial charge in [-0.15, -0.1) is 0 Å². The van der Waals surface area contributed by atoms with Gasteiger partial charge in [0.05, 0.1) is 31.4 Å². The van der Waals surface area contributed by atoms with Crippen LogP contribution in [0.5, 0.6) is 11.5 Å². The molecule has 1 saturated heterocycles. The average Bonchev–Trinajstić information content (AvgIpc) is 3.59. The number of rotatable bonds is 8. The Kier molecular flexibility index (Phi) is 7.28. The van der Waals surface area contributed by atoms with Gasteiger partial charge < -0.3 is 19.0 Å². The molecule has 2 aromatic carbocycles. The molecule has 0 amide bonds. The zero-order valence-corrected chi connectivity index (χ0v) is 22.7. The molecule has 2 aliphatic rings. The van der Waals surface area contributed by atoms with E-state index < -0.39 is 0 Å². The summed E-state index contributed by atoms with van der Waals surface area (Å²) in [6.07, 6.45) is 9.81. The third kappa shape index (κ3) is 4.90. The molecule has 1 aliphatic carbocycles. The number of pyridine rings is 1. The molecule has 1 saturated carbocycles. The van der Waals surface area contributed by atoms with Gasteiger partial charge in [0.2, 0.25) is 0 Å². The van der Waals surface area contributed by atoms with Crippen molar-refractivity contribution in [2.75, 3.05) is 32.9 Å². The van der Waals surface area contributed by atoms with Crippen LogP contribution in [0.15, 0.2) is 47.1 Å². The van der Waals surface area contributed by atoms with Crippen LogP contribution in [0.1, 0.15) is 72.3 Å². The van der Waals surface area contributed by atoms with Crippen molar-refractivity contribution < 1.29 is 23.8 Å². The molecule has 2 fully saturated rings. The quantitative estimate of drug-likeness (QED) is 0.259. The monoisotopic (exact) mass is 528 g/mol. The molecule has 1 atom stereocenters. The number of phenolic OH excluding ortho intramolecular Hbond substituents is 1. The third-order valence-corrected chi connectivity index (χ3v) is 8.43. The van der Waals surface area contributed by atoms with Crippen molar-refractivity contribution in [3.63, 3.8) is 0 Å². The Bertz CT molecular complexity index is 1480. The molecule has 2 aromatic heterocycles. The minimum atomic E-state index is -0.304. The highest BCUT2D eigenvalue weighted by molar-refractivity contribution is 6.18. The molecular weight excluding hydrogens is 492 g/mol. The van der Waals surface area contributed by atoms with Gasteiger partial charge in [-0.05, 0) is 62.1 Å². The van der Waals surface area contributed by atoms with Gasteiger partial charge in [-0.1, -0.05) is 25.7 Å². The number of ether oxygens (including phenoxy) is 2. The second-order valence-corrected chi connectivity index (χ2v) is 10.9. The van der Waals surface area contributed by atoms with Crippen molar-refractivity contribution in [1.82, 2.24) is 9.88 Å². The van der Waals surface area contributed by atoms with E-state index in [1.807, 2.05) is 37.3 Å². The van der Waals surface area contributed by atoms with Gasteiger partial charge in [0.25, 0.3) is 0 Å². The fraction of sp³-hybridized carbons (Fsp3) is 0.438. The minimum Gasteiger partial charge on any atom is -0.507 e. The number of aryl methyl sites for hydroxylation is 1. The number of carbonyl (C=O) groups is 1. The number of benzene rings is 2. The summed E-state index contributed by atoms with van der Waals surface area (Å²) in [6.45, 7) is 6.65. The number of phenols is 1. The molecule has 7 nitrogen and oxygen atoms in total. The molecule has 6 rings (SSSR count). The standard InChI is InChI=1S/C32H36N2O5/c1-20(35)27-21(2)39-32-26-19-24(38-16-11-22-5-3-4-6-22)7-8-25(26)31(36)29(28(27)32)30(23-9-12-33-13-10-23)34-14-17-37-18-15-34/h7-10,12-13,19,22,30,36H,3-6,11,14-18H2,1-2H3. The number of fused-ring (bicyclic) bond motifs is 3. The molecule has 4 aromatic rings. The molecule has 39 heavy (non-hydrogen) atoms. The van der Waals surface area contributed by atoms with Crippen LogP contribution in [0.25, 0.3) is 21.7 Å². The first-order valence-corrected chi connectivity index (χ1v) is 14.1. The first-order chi connectivity index (χ1) is 19.0. The summed E-state index contributed by atoms with van der Waals surface area (Å²) in [6, 6.07) is 9.41. The van der Waals surface area contributed by atoms with Gasteiger partial charge in [0, 0.05) is 47.2 Å². The van der Waals surface area contributed by atoms with Crippen molar-refractivity contribution >= 4 is 27.5 Å². The first-order valence-electron chi connectivity index (χ1n) is 14.1. The zero-order chi connectivity index (χ0) is 26.9. The number of hydrogen-bond acceptors (Lipinski definition) is 7. The van der Waals surface area contributed by atoms with Crippen molar-refractivity contribution in [3.05, 3.63) is 65.2 Å². The summed E-state index contributed by atoms with van der Waals surface area (Å²) in [4.78, 5) is 19.5. The molecule has 0 radical (unpaired) electrons. The van der Waals surface area contributed by atoms with Crippen LogP contribution in [0, 0.1) is 12.8 Å². The summed E-state index contributed by atoms with van der Waals surface area (Å²) in [7, 11) is 0. The van der Waals surface area contributed by atoms with Crippen LogP contribution < -0.4 is 4.74 Å². The van der Waals surface area contributed by atoms with Crippen LogP contribution in [-0.4, -0.2) is 53.7 Å². The maximum absolute atomic E-state index is 13.0. The summed E-state index contributed by atoms with van der Waals surface area (Å²) < 4.78 is 18.2. The van der Waals surface area contributed by atoms with Gasteiger partial charge in [-0.25, -0.2) is 0 Å². The number of ketones is 1. The van der Waals surface area contributed by atoms with E-state index in [9.17, 15) is 9.90 Å². The average molecular weight is 529 g/mol. The third-order valence-electron chi connectivity index (χ3n) is 8.43. The fourth-order valence-corrected chi connectivity index (χ4v) is 6.54. The van der Waals surface area contributed by atoms with Crippen molar-refractivity contribution in [2.45, 2.75) is 52.0 Å². The first kappa shape index (κ1) is 25.8. The topological polar surface area (TPSA) is 85.0 Å². The minimum absolute atomic E-state index is 0.0920. The Morgan fingerprint density at radius 1 is 1.13 bits per heavy atom. The second kappa shape index (κ2) is 11.0. The summed E-state index contributed by atoms with van der Waals surface area (Å²) >= 11 is 0. The lowest BCUT2D eigenvalue weighted by Gasteiger charge is -2.36. The van der Waals surface area contributed by atoms with Crippen LogP contribution >= 0.6 is 0 Å². The van der Waals surface area contributed by atoms with Gasteiger partial charge in [-0.2, -0.15) is 0 Å². The molecule has 0 spiro atoms. The van der Waals surface area contributed by atoms with Gasteiger partial charge in [0.1, 0.15) is 22.8 Å². The molecule has 1 N–H and O–H groups in total. The normalized spacial score (nSPS) is 17.7. The lowest BCUT2D eigenvalue weighted by molar-refractivity contribution is 0.0238. The Morgan fingerprint density at radius 2 is 1.87 bits per heavy atom. The number of hydrogen-bond donors (Lipinski definition) is 1. The predicted molar refractivity (Wildman–Crippen MR) is 151 cm³/mol. The van der Waals surface area contributed by atoms with E-state index in [0.717, 1.165) is 29.0 Å². The Balaban J connectivity index is 1.52. The number of aromatic hydroxyl groups is 1. The number of Topliss-reactive ketones (excluding diaryl/α,β-unsaturated/α-hetero) is 1. The highest BCUT2D eigenvalue weighted by Gasteiger charge is 2.33. The Labute approximate surface area is 228 Å². The van der Waals surface area contributed by atoms with E-state index in [2.05, 4.69) is 9.88 Å². The molecule has 3 heterocycles. The molecular formula is C32H36N2O5. The van der Waals surface area contributed by atoms with Crippen molar-refractivity contribution in [1.29, 1.82) is 0 Å². The number of furan rings is 1. The predicted octanol–water partition coefficient (Wildman–Crippen LogP) is 6.58. The molecule has 1 unspecified atom stereocenters. The van der Waals surface area contributed by atoms with E-state index in [4.69, 9.17) is 13.9 Å². The summed E-state index contributed by atoms with van der Waals surface area (Å²) in [5.74, 6) is 2.11. The highest BCUT2D eigenvalue weighted by atomic mass is 16.5. The van der Waals surface area contributed by atoms with E-state index in [-0.39, 0.29) is 17.6 Å². The van der Waals surface area contributed by atoms with E-state index >= 15 is 0 Å². The molecule has 7 heteroatoms. The van der Waals surface area contributed by atoms with Gasteiger partial charge in [0.15, 0.2) is 5.78 Å². The second-order valence-electron chi connectivity index (χ2n) is 10.9. The smallest absolute Gasteiger partial charge is 0.163 e. The van der Waals surface area contributed by atoms with Crippen molar-refractivity contribution in [2.24, 2.45) is 5.92 Å². The number of aromatic nitrogens is 1. The van der Waals surface area contributed by atoms with E-state index in [1.165, 1.54) is 25.7 Å². The largest absolute Gasteiger partial charge is 0.507 e. The van der Waals surface area contributed by atoms with Gasteiger partial charge >= 0.3 is 0 Å². The van der Waals surface area contributed by atoms with Gasteiger partial charge in [-0.3, -0.25) is 14.7 Å². The maximum Gasteiger partial charge on any atom is 0.163 e. The summed E-state index contributed by atoms with van der Waals surface area (Å²) in [5, 5.41) is 14.1. The Morgan fingerprint density at radius 3 is 2.59 bits per heavy atom. The number of nitrogens with zero attached hydrogens (tertiary/aromatic N) is 2. The maximum atomic E-state index is 13.0. The fourth-order valence-electron chi connectivity index (χ4n) is 6.54. The summed E-state index contributed by atoms with van der Waals surface area (Å²) in [5.41, 5.74) is 2.79. The highest BCUT2D eigenvalue weighted by Crippen LogP contribution is 2.48. The lowest BCUT2D eigenvalue weighted by Crippen LogP contribution is -2.39. The van der Waals surface area contributed by atoms with Crippen LogP contribution in [0.3, 0.4) is 0 Å². The van der Waals surface area contributed by atoms with E-state index in [1.54, 1.807) is 19.3 Å². The van der Waals surface area contributed by atoms with Crippen LogP contribution in [0.2, 0.25) is 0 Å². The van der Waals surface area contributed by atoms with Crippen LogP contribution in [-0.2, 0) is 4.74 Å². The van der Waals surface area contributed by atoms with E-state index in [0.29, 0.717) is 66.2 Å². The van der Waals surface area contributed by atoms with Crippen LogP contribution in [0.4, 0.5) is 0 Å². The zero-order valence-electron chi connectivity index (χ0n) is 22.7. The molecule has 204 valence electrons. The molecule has 0 bridgehead atoms. The number of morpholine rings is 1. The Hall–Kier alpha value is -3.42. The molecule has 1 aliphatic heterocycles. The lowest BCUT2D eigenvalue weighted by atomic mass is 9.88.